The quantitative estimate of drug-likeness (QED) is 0.718. The molecular formula is C16H25NO3. The number of likely N-dealkylation sites (tertiary alicyclic amines) is 1. The van der Waals surface area contributed by atoms with E-state index in [-0.39, 0.29) is 0 Å². The number of benzene rings is 1. The minimum Gasteiger partial charge on any atom is -0.497 e. The number of rotatable bonds is 7. The molecule has 1 fully saturated rings. The molecule has 1 aromatic carbocycles. The topological polar surface area (TPSA) is 30.9 Å². The van der Waals surface area contributed by atoms with E-state index in [1.54, 1.807) is 7.11 Å². The van der Waals surface area contributed by atoms with E-state index < -0.39 is 0 Å². The second-order valence-corrected chi connectivity index (χ2v) is 5.15. The summed E-state index contributed by atoms with van der Waals surface area (Å²) in [6.07, 6.45) is 3.82. The van der Waals surface area contributed by atoms with E-state index in [4.69, 9.17) is 14.2 Å². The number of ether oxygens (including phenoxy) is 3. The zero-order valence-corrected chi connectivity index (χ0v) is 12.5. The highest BCUT2D eigenvalue weighted by Gasteiger charge is 2.17. The molecule has 2 rings (SSSR count). The molecule has 1 aromatic rings. The number of nitrogens with zero attached hydrogens (tertiary/aromatic N) is 1. The second-order valence-electron chi connectivity index (χ2n) is 5.15. The molecular weight excluding hydrogens is 254 g/mol. The molecule has 0 bridgehead atoms. The SMILES string of the molecule is COc1ccc(OCCCN2CCC(OC)CC2)cc1. The molecule has 1 heterocycles. The van der Waals surface area contributed by atoms with Gasteiger partial charge in [0.2, 0.25) is 0 Å². The maximum absolute atomic E-state index is 5.73. The molecule has 0 N–H and O–H groups in total. The molecule has 0 aliphatic carbocycles. The smallest absolute Gasteiger partial charge is 0.119 e. The Bertz CT molecular complexity index is 372. The van der Waals surface area contributed by atoms with Crippen LogP contribution >= 0.6 is 0 Å². The van der Waals surface area contributed by atoms with Gasteiger partial charge in [0, 0.05) is 26.7 Å². The van der Waals surface area contributed by atoms with Crippen LogP contribution in [0.15, 0.2) is 24.3 Å². The lowest BCUT2D eigenvalue weighted by Gasteiger charge is -2.31. The molecule has 0 radical (unpaired) electrons. The highest BCUT2D eigenvalue weighted by atomic mass is 16.5. The first-order valence-electron chi connectivity index (χ1n) is 7.34. The number of hydrogen-bond donors (Lipinski definition) is 0. The average molecular weight is 279 g/mol. The van der Waals surface area contributed by atoms with E-state index in [0.29, 0.717) is 6.10 Å². The summed E-state index contributed by atoms with van der Waals surface area (Å²) in [6.45, 7) is 4.14. The van der Waals surface area contributed by atoms with Gasteiger partial charge in [-0.1, -0.05) is 0 Å². The third-order valence-electron chi connectivity index (χ3n) is 3.81. The van der Waals surface area contributed by atoms with Gasteiger partial charge in [-0.15, -0.1) is 0 Å². The van der Waals surface area contributed by atoms with Gasteiger partial charge in [-0.25, -0.2) is 0 Å². The van der Waals surface area contributed by atoms with Crippen molar-refractivity contribution < 1.29 is 14.2 Å². The second kappa shape index (κ2) is 8.12. The first-order chi connectivity index (χ1) is 9.81. The van der Waals surface area contributed by atoms with Gasteiger partial charge < -0.3 is 19.1 Å². The van der Waals surface area contributed by atoms with Gasteiger partial charge in [-0.2, -0.15) is 0 Å². The molecule has 0 aromatic heterocycles. The van der Waals surface area contributed by atoms with E-state index in [1.165, 1.54) is 0 Å². The standard InChI is InChI=1S/C16H25NO3/c1-18-14-4-6-16(7-5-14)20-13-3-10-17-11-8-15(19-2)9-12-17/h4-7,15H,3,8-13H2,1-2H3. The molecule has 1 aliphatic rings. The molecule has 112 valence electrons. The Balaban J connectivity index is 1.59. The van der Waals surface area contributed by atoms with Gasteiger partial charge in [-0.3, -0.25) is 0 Å². The van der Waals surface area contributed by atoms with E-state index >= 15 is 0 Å². The summed E-state index contributed by atoms with van der Waals surface area (Å²) in [7, 11) is 3.48. The summed E-state index contributed by atoms with van der Waals surface area (Å²) in [5, 5.41) is 0. The zero-order chi connectivity index (χ0) is 14.2. The van der Waals surface area contributed by atoms with Gasteiger partial charge in [0.25, 0.3) is 0 Å². The van der Waals surface area contributed by atoms with Crippen LogP contribution in [0.4, 0.5) is 0 Å². The summed E-state index contributed by atoms with van der Waals surface area (Å²) < 4.78 is 16.2. The fraction of sp³-hybridized carbons (Fsp3) is 0.625. The van der Waals surface area contributed by atoms with Crippen molar-refractivity contribution in [1.82, 2.24) is 4.90 Å². The maximum Gasteiger partial charge on any atom is 0.119 e. The molecule has 20 heavy (non-hydrogen) atoms. The Morgan fingerprint density at radius 1 is 1.05 bits per heavy atom. The van der Waals surface area contributed by atoms with Crippen molar-refractivity contribution in [1.29, 1.82) is 0 Å². The Hall–Kier alpha value is -1.26. The van der Waals surface area contributed by atoms with Crippen LogP contribution in [0.25, 0.3) is 0 Å². The fourth-order valence-corrected chi connectivity index (χ4v) is 2.52. The first-order valence-corrected chi connectivity index (χ1v) is 7.34. The Labute approximate surface area is 121 Å². The summed E-state index contributed by atoms with van der Waals surface area (Å²) >= 11 is 0. The predicted octanol–water partition coefficient (Wildman–Crippen LogP) is 2.57. The van der Waals surface area contributed by atoms with E-state index in [9.17, 15) is 0 Å². The minimum atomic E-state index is 0.460. The predicted molar refractivity (Wildman–Crippen MR) is 79.6 cm³/mol. The molecule has 0 amide bonds. The minimum absolute atomic E-state index is 0.460. The van der Waals surface area contributed by atoms with E-state index in [1.807, 2.05) is 31.4 Å². The normalized spacial score (nSPS) is 17.1. The van der Waals surface area contributed by atoms with Crippen LogP contribution in [0.3, 0.4) is 0 Å². The lowest BCUT2D eigenvalue weighted by atomic mass is 10.1. The Morgan fingerprint density at radius 3 is 2.30 bits per heavy atom. The van der Waals surface area contributed by atoms with Crippen molar-refractivity contribution in [2.24, 2.45) is 0 Å². The van der Waals surface area contributed by atoms with Gasteiger partial charge >= 0.3 is 0 Å². The lowest BCUT2D eigenvalue weighted by Crippen LogP contribution is -2.37. The van der Waals surface area contributed by atoms with Crippen LogP contribution in [0.2, 0.25) is 0 Å². The van der Waals surface area contributed by atoms with Crippen LogP contribution in [-0.2, 0) is 4.74 Å². The van der Waals surface area contributed by atoms with Crippen molar-refractivity contribution in [2.45, 2.75) is 25.4 Å². The van der Waals surface area contributed by atoms with Gasteiger partial charge in [0.05, 0.1) is 19.8 Å². The molecule has 0 saturated carbocycles. The van der Waals surface area contributed by atoms with Crippen LogP contribution in [0.1, 0.15) is 19.3 Å². The Kier molecular flexibility index (Phi) is 6.15. The molecule has 0 spiro atoms. The number of hydrogen-bond acceptors (Lipinski definition) is 4. The van der Waals surface area contributed by atoms with Crippen molar-refractivity contribution in [3.05, 3.63) is 24.3 Å². The third-order valence-corrected chi connectivity index (χ3v) is 3.81. The van der Waals surface area contributed by atoms with Crippen molar-refractivity contribution in [3.8, 4) is 11.5 Å². The molecule has 1 aliphatic heterocycles. The van der Waals surface area contributed by atoms with Crippen LogP contribution in [-0.4, -0.2) is 51.5 Å². The zero-order valence-electron chi connectivity index (χ0n) is 12.5. The van der Waals surface area contributed by atoms with E-state index in [0.717, 1.165) is 57.0 Å². The van der Waals surface area contributed by atoms with Gasteiger partial charge in [-0.05, 0) is 43.5 Å². The molecule has 0 unspecified atom stereocenters. The van der Waals surface area contributed by atoms with Crippen LogP contribution in [0, 0.1) is 0 Å². The van der Waals surface area contributed by atoms with Crippen molar-refractivity contribution in [3.63, 3.8) is 0 Å². The first kappa shape index (κ1) is 15.1. The highest BCUT2D eigenvalue weighted by molar-refractivity contribution is 5.31. The van der Waals surface area contributed by atoms with Crippen molar-refractivity contribution in [2.75, 3.05) is 40.5 Å². The molecule has 4 nitrogen and oxygen atoms in total. The summed E-state index contributed by atoms with van der Waals surface area (Å²) in [6, 6.07) is 7.74. The molecule has 4 heteroatoms. The monoisotopic (exact) mass is 279 g/mol. The largest absolute Gasteiger partial charge is 0.497 e. The molecule has 1 saturated heterocycles. The maximum atomic E-state index is 5.73. The van der Waals surface area contributed by atoms with Gasteiger partial charge in [0.1, 0.15) is 11.5 Å². The summed E-state index contributed by atoms with van der Waals surface area (Å²) in [4.78, 5) is 2.49. The van der Waals surface area contributed by atoms with Crippen LogP contribution in [0.5, 0.6) is 11.5 Å². The van der Waals surface area contributed by atoms with Crippen molar-refractivity contribution >= 4 is 0 Å². The fourth-order valence-electron chi connectivity index (χ4n) is 2.52. The number of piperidine rings is 1. The van der Waals surface area contributed by atoms with Crippen LogP contribution < -0.4 is 9.47 Å². The average Bonchev–Trinajstić information content (AvgIpc) is 2.53. The van der Waals surface area contributed by atoms with E-state index in [2.05, 4.69) is 4.90 Å². The number of methoxy groups -OCH3 is 2. The summed E-state index contributed by atoms with van der Waals surface area (Å²) in [5.74, 6) is 1.77. The summed E-state index contributed by atoms with van der Waals surface area (Å²) in [5.41, 5.74) is 0. The molecule has 0 atom stereocenters. The third kappa shape index (κ3) is 4.69. The van der Waals surface area contributed by atoms with Gasteiger partial charge in [0.15, 0.2) is 0 Å². The lowest BCUT2D eigenvalue weighted by molar-refractivity contribution is 0.0398. The Morgan fingerprint density at radius 2 is 1.70 bits per heavy atom. The highest BCUT2D eigenvalue weighted by Crippen LogP contribution is 2.17.